The van der Waals surface area contributed by atoms with Crippen molar-refractivity contribution in [3.05, 3.63) is 35.4 Å². The van der Waals surface area contributed by atoms with E-state index in [0.717, 1.165) is 25.9 Å². The van der Waals surface area contributed by atoms with Gasteiger partial charge in [-0.05, 0) is 51.3 Å². The number of benzene rings is 1. The first-order chi connectivity index (χ1) is 9.71. The van der Waals surface area contributed by atoms with E-state index in [2.05, 4.69) is 36.1 Å². The van der Waals surface area contributed by atoms with Gasteiger partial charge in [-0.3, -0.25) is 9.69 Å². The van der Waals surface area contributed by atoms with Gasteiger partial charge in [0.05, 0.1) is 5.54 Å². The van der Waals surface area contributed by atoms with Gasteiger partial charge in [0.25, 0.3) is 0 Å². The number of Topliss-reactive ketones (excluding diaryl/α,β-unsaturated/α-hetero) is 1. The number of hydrogen-bond acceptors (Lipinski definition) is 2. The zero-order valence-corrected chi connectivity index (χ0v) is 12.5. The largest absolute Gasteiger partial charge is 0.297 e. The number of hydrogen-bond donors (Lipinski definition) is 0. The predicted molar refractivity (Wildman–Crippen MR) is 81.9 cm³/mol. The Kier molecular flexibility index (Phi) is 3.93. The van der Waals surface area contributed by atoms with Gasteiger partial charge in [0.15, 0.2) is 5.78 Å². The summed E-state index contributed by atoms with van der Waals surface area (Å²) in [6.45, 7) is 4.34. The summed E-state index contributed by atoms with van der Waals surface area (Å²) in [5.41, 5.74) is 2.31. The Balaban J connectivity index is 1.77. The molecule has 0 aromatic heterocycles. The fourth-order valence-corrected chi connectivity index (χ4v) is 3.93. The topological polar surface area (TPSA) is 20.3 Å². The first-order valence-corrected chi connectivity index (χ1v) is 8.05. The summed E-state index contributed by atoms with van der Waals surface area (Å²) in [7, 11) is 0. The lowest BCUT2D eigenvalue weighted by Gasteiger charge is -2.37. The van der Waals surface area contributed by atoms with Crippen LogP contribution in [-0.4, -0.2) is 29.3 Å². The van der Waals surface area contributed by atoms with Crippen LogP contribution in [0.4, 0.5) is 0 Å². The van der Waals surface area contributed by atoms with Gasteiger partial charge in [0.1, 0.15) is 0 Å². The molecule has 0 unspecified atom stereocenters. The molecule has 0 spiro atoms. The molecule has 3 rings (SSSR count). The van der Waals surface area contributed by atoms with E-state index >= 15 is 0 Å². The Morgan fingerprint density at radius 3 is 2.25 bits per heavy atom. The number of nitrogens with zero attached hydrogens (tertiary/aromatic N) is 1. The third kappa shape index (κ3) is 2.54. The van der Waals surface area contributed by atoms with Crippen molar-refractivity contribution in [2.45, 2.75) is 57.4 Å². The molecule has 1 saturated heterocycles. The first kappa shape index (κ1) is 13.8. The molecule has 1 aromatic rings. The minimum atomic E-state index is -0.124. The van der Waals surface area contributed by atoms with Crippen LogP contribution in [0, 0.1) is 6.92 Å². The zero-order chi connectivity index (χ0) is 14.0. The zero-order valence-electron chi connectivity index (χ0n) is 12.5. The van der Waals surface area contributed by atoms with Crippen molar-refractivity contribution in [2.75, 3.05) is 13.1 Å². The molecule has 2 nitrogen and oxygen atoms in total. The summed E-state index contributed by atoms with van der Waals surface area (Å²) < 4.78 is 0. The SMILES string of the molecule is Cc1ccc(CC(=O)C2(N3CCCC3)CCCC2)cc1. The smallest absolute Gasteiger partial charge is 0.157 e. The Morgan fingerprint density at radius 1 is 1.05 bits per heavy atom. The van der Waals surface area contributed by atoms with Gasteiger partial charge in [-0.15, -0.1) is 0 Å². The van der Waals surface area contributed by atoms with E-state index < -0.39 is 0 Å². The van der Waals surface area contributed by atoms with Crippen LogP contribution >= 0.6 is 0 Å². The van der Waals surface area contributed by atoms with Gasteiger partial charge in [-0.1, -0.05) is 42.7 Å². The highest BCUT2D eigenvalue weighted by Gasteiger charge is 2.45. The van der Waals surface area contributed by atoms with Gasteiger partial charge in [-0.2, -0.15) is 0 Å². The average Bonchev–Trinajstić information content (AvgIpc) is 3.12. The highest BCUT2D eigenvalue weighted by Crippen LogP contribution is 2.38. The van der Waals surface area contributed by atoms with Gasteiger partial charge in [0.2, 0.25) is 0 Å². The molecule has 20 heavy (non-hydrogen) atoms. The van der Waals surface area contributed by atoms with E-state index in [4.69, 9.17) is 0 Å². The van der Waals surface area contributed by atoms with E-state index in [0.29, 0.717) is 12.2 Å². The molecule has 1 aromatic carbocycles. The fraction of sp³-hybridized carbons (Fsp3) is 0.611. The molecule has 1 aliphatic heterocycles. The number of rotatable bonds is 4. The maximum absolute atomic E-state index is 13.0. The van der Waals surface area contributed by atoms with Crippen molar-refractivity contribution in [1.82, 2.24) is 4.90 Å². The number of carbonyl (C=O) groups is 1. The third-order valence-corrected chi connectivity index (χ3v) is 5.15. The summed E-state index contributed by atoms with van der Waals surface area (Å²) >= 11 is 0. The van der Waals surface area contributed by atoms with Crippen LogP contribution in [0.3, 0.4) is 0 Å². The second-order valence-electron chi connectivity index (χ2n) is 6.52. The molecule has 0 bridgehead atoms. The summed E-state index contributed by atoms with van der Waals surface area (Å²) in [6.07, 6.45) is 7.73. The molecule has 2 fully saturated rings. The van der Waals surface area contributed by atoms with E-state index in [-0.39, 0.29) is 5.54 Å². The van der Waals surface area contributed by atoms with Gasteiger partial charge >= 0.3 is 0 Å². The van der Waals surface area contributed by atoms with E-state index in [1.54, 1.807) is 0 Å². The Hall–Kier alpha value is -1.15. The second-order valence-corrected chi connectivity index (χ2v) is 6.52. The number of aryl methyl sites for hydroxylation is 1. The van der Waals surface area contributed by atoms with Gasteiger partial charge < -0.3 is 0 Å². The van der Waals surface area contributed by atoms with Gasteiger partial charge in [-0.25, -0.2) is 0 Å². The molecule has 1 aliphatic carbocycles. The second kappa shape index (κ2) is 5.69. The van der Waals surface area contributed by atoms with E-state index in [1.807, 2.05) is 0 Å². The molecule has 0 radical (unpaired) electrons. The molecular weight excluding hydrogens is 246 g/mol. The average molecular weight is 271 g/mol. The lowest BCUT2D eigenvalue weighted by atomic mass is 9.86. The van der Waals surface area contributed by atoms with Crippen molar-refractivity contribution < 1.29 is 4.79 Å². The molecule has 1 heterocycles. The van der Waals surface area contributed by atoms with Crippen LogP contribution < -0.4 is 0 Å². The number of likely N-dealkylation sites (tertiary alicyclic amines) is 1. The van der Waals surface area contributed by atoms with Crippen molar-refractivity contribution in [3.8, 4) is 0 Å². The van der Waals surface area contributed by atoms with E-state index in [9.17, 15) is 4.79 Å². The van der Waals surface area contributed by atoms with Crippen molar-refractivity contribution >= 4 is 5.78 Å². The van der Waals surface area contributed by atoms with Crippen molar-refractivity contribution in [2.24, 2.45) is 0 Å². The highest BCUT2D eigenvalue weighted by molar-refractivity contribution is 5.90. The van der Waals surface area contributed by atoms with Gasteiger partial charge in [0, 0.05) is 6.42 Å². The summed E-state index contributed by atoms with van der Waals surface area (Å²) in [5.74, 6) is 0.459. The lowest BCUT2D eigenvalue weighted by Crippen LogP contribution is -2.52. The summed E-state index contributed by atoms with van der Waals surface area (Å²) in [5, 5.41) is 0. The maximum Gasteiger partial charge on any atom is 0.157 e. The molecule has 108 valence electrons. The number of carbonyl (C=O) groups excluding carboxylic acids is 1. The standard InChI is InChI=1S/C18H25NO/c1-15-6-8-16(9-7-15)14-17(20)18(10-2-3-11-18)19-12-4-5-13-19/h6-9H,2-5,10-14H2,1H3. The lowest BCUT2D eigenvalue weighted by molar-refractivity contribution is -0.129. The number of ketones is 1. The van der Waals surface area contributed by atoms with Crippen LogP contribution in [0.1, 0.15) is 49.7 Å². The maximum atomic E-state index is 13.0. The third-order valence-electron chi connectivity index (χ3n) is 5.15. The minimum Gasteiger partial charge on any atom is -0.297 e. The Bertz CT molecular complexity index is 465. The van der Waals surface area contributed by atoms with Crippen LogP contribution in [0.15, 0.2) is 24.3 Å². The molecule has 2 heteroatoms. The molecule has 2 aliphatic rings. The van der Waals surface area contributed by atoms with Crippen LogP contribution in [-0.2, 0) is 11.2 Å². The first-order valence-electron chi connectivity index (χ1n) is 8.05. The van der Waals surface area contributed by atoms with E-state index in [1.165, 1.54) is 36.8 Å². The molecular formula is C18H25NO. The summed E-state index contributed by atoms with van der Waals surface area (Å²) in [6, 6.07) is 8.44. The van der Waals surface area contributed by atoms with Crippen molar-refractivity contribution in [3.63, 3.8) is 0 Å². The minimum absolute atomic E-state index is 0.124. The molecule has 1 saturated carbocycles. The quantitative estimate of drug-likeness (QED) is 0.835. The molecule has 0 N–H and O–H groups in total. The van der Waals surface area contributed by atoms with Crippen LogP contribution in [0.2, 0.25) is 0 Å². The fourth-order valence-electron chi connectivity index (χ4n) is 3.93. The van der Waals surface area contributed by atoms with Crippen molar-refractivity contribution in [1.29, 1.82) is 0 Å². The van der Waals surface area contributed by atoms with Crippen LogP contribution in [0.25, 0.3) is 0 Å². The Morgan fingerprint density at radius 2 is 1.65 bits per heavy atom. The molecule has 0 atom stereocenters. The van der Waals surface area contributed by atoms with Crippen LogP contribution in [0.5, 0.6) is 0 Å². The monoisotopic (exact) mass is 271 g/mol. The predicted octanol–water partition coefficient (Wildman–Crippen LogP) is 3.52. The molecule has 0 amide bonds. The normalized spacial score (nSPS) is 22.2. The Labute approximate surface area is 122 Å². The highest BCUT2D eigenvalue weighted by atomic mass is 16.1. The summed E-state index contributed by atoms with van der Waals surface area (Å²) in [4.78, 5) is 15.5.